The number of ether oxygens (including phenoxy) is 2. The molecule has 24 heavy (non-hydrogen) atoms. The van der Waals surface area contributed by atoms with E-state index in [1.54, 1.807) is 0 Å². The number of hydrogen-bond acceptors (Lipinski definition) is 3. The van der Waals surface area contributed by atoms with Crippen LogP contribution in [0.25, 0.3) is 0 Å². The fraction of sp³-hybridized carbons (Fsp3) is 0.350. The molecule has 0 spiro atoms. The molecule has 126 valence electrons. The molecule has 0 saturated heterocycles. The molecule has 1 aliphatic rings. The maximum atomic E-state index is 12.3. The Kier molecular flexibility index (Phi) is 4.47. The van der Waals surface area contributed by atoms with E-state index < -0.39 is 0 Å². The van der Waals surface area contributed by atoms with Gasteiger partial charge in [-0.15, -0.1) is 0 Å². The van der Waals surface area contributed by atoms with Gasteiger partial charge in [-0.2, -0.15) is 0 Å². The lowest BCUT2D eigenvalue weighted by molar-refractivity contribution is 0.0789. The summed E-state index contributed by atoms with van der Waals surface area (Å²) in [6, 6.07) is 15.3. The quantitative estimate of drug-likeness (QED) is 0.939. The van der Waals surface area contributed by atoms with Gasteiger partial charge in [0.15, 0.2) is 11.5 Å². The Morgan fingerprint density at radius 1 is 1.08 bits per heavy atom. The highest BCUT2D eigenvalue weighted by atomic mass is 16.6. The second-order valence-corrected chi connectivity index (χ2v) is 7.03. The number of benzene rings is 2. The molecule has 0 bridgehead atoms. The fourth-order valence-corrected chi connectivity index (χ4v) is 2.59. The Bertz CT molecular complexity index is 716. The Labute approximate surface area is 142 Å². The van der Waals surface area contributed by atoms with Gasteiger partial charge in [-0.25, -0.2) is 0 Å². The normalized spacial score (nSPS) is 16.5. The minimum absolute atomic E-state index is 0.0790. The predicted molar refractivity (Wildman–Crippen MR) is 93.8 cm³/mol. The topological polar surface area (TPSA) is 47.6 Å². The maximum absolute atomic E-state index is 12.3. The summed E-state index contributed by atoms with van der Waals surface area (Å²) in [4.78, 5) is 12.3. The zero-order valence-electron chi connectivity index (χ0n) is 14.3. The lowest BCUT2D eigenvalue weighted by atomic mass is 9.87. The summed E-state index contributed by atoms with van der Waals surface area (Å²) in [5.41, 5.74) is 1.94. The molecule has 0 radical (unpaired) electrons. The number of carbonyl (C=O) groups is 1. The number of para-hydroxylation sites is 2. The zero-order chi connectivity index (χ0) is 17.2. The molecule has 1 aliphatic heterocycles. The van der Waals surface area contributed by atoms with Crippen LogP contribution < -0.4 is 14.8 Å². The van der Waals surface area contributed by atoms with Crippen LogP contribution in [0.3, 0.4) is 0 Å². The van der Waals surface area contributed by atoms with E-state index in [1.807, 2.05) is 48.5 Å². The van der Waals surface area contributed by atoms with Gasteiger partial charge in [0.2, 0.25) is 0 Å². The van der Waals surface area contributed by atoms with Gasteiger partial charge in [-0.3, -0.25) is 4.79 Å². The third-order valence-electron chi connectivity index (χ3n) is 4.07. The standard InChI is InChI=1S/C20H23NO3/c1-20(2,3)15-10-8-14(9-11-15)19(22)21-12-16-13-23-17-6-4-5-7-18(17)24-16/h4-11,16H,12-13H2,1-3H3,(H,21,22). The summed E-state index contributed by atoms with van der Waals surface area (Å²) >= 11 is 0. The van der Waals surface area contributed by atoms with Gasteiger partial charge in [0.05, 0.1) is 6.54 Å². The van der Waals surface area contributed by atoms with E-state index in [1.165, 1.54) is 5.56 Å². The number of amides is 1. The van der Waals surface area contributed by atoms with E-state index in [9.17, 15) is 4.79 Å². The third-order valence-corrected chi connectivity index (χ3v) is 4.07. The van der Waals surface area contributed by atoms with Crippen molar-refractivity contribution in [3.8, 4) is 11.5 Å². The Morgan fingerprint density at radius 2 is 1.75 bits per heavy atom. The highest BCUT2D eigenvalue weighted by Crippen LogP contribution is 2.30. The van der Waals surface area contributed by atoms with Gasteiger partial charge < -0.3 is 14.8 Å². The molecule has 4 nitrogen and oxygen atoms in total. The highest BCUT2D eigenvalue weighted by molar-refractivity contribution is 5.94. The largest absolute Gasteiger partial charge is 0.486 e. The number of rotatable bonds is 3. The van der Waals surface area contributed by atoms with Crippen molar-refractivity contribution in [1.82, 2.24) is 5.32 Å². The van der Waals surface area contributed by atoms with Crippen LogP contribution in [-0.4, -0.2) is 25.2 Å². The van der Waals surface area contributed by atoms with Gasteiger partial charge in [-0.1, -0.05) is 45.0 Å². The lowest BCUT2D eigenvalue weighted by Crippen LogP contribution is -2.40. The van der Waals surface area contributed by atoms with E-state index in [2.05, 4.69) is 26.1 Å². The molecule has 0 fully saturated rings. The molecule has 2 aromatic rings. The monoisotopic (exact) mass is 325 g/mol. The van der Waals surface area contributed by atoms with Crippen molar-refractivity contribution in [3.63, 3.8) is 0 Å². The fourth-order valence-electron chi connectivity index (χ4n) is 2.59. The predicted octanol–water partition coefficient (Wildman–Crippen LogP) is 3.55. The van der Waals surface area contributed by atoms with Crippen molar-refractivity contribution >= 4 is 5.91 Å². The number of nitrogens with one attached hydrogen (secondary N) is 1. The minimum atomic E-state index is -0.183. The van der Waals surface area contributed by atoms with E-state index in [-0.39, 0.29) is 17.4 Å². The second-order valence-electron chi connectivity index (χ2n) is 7.03. The van der Waals surface area contributed by atoms with E-state index in [0.717, 1.165) is 11.5 Å². The summed E-state index contributed by atoms with van der Waals surface area (Å²) in [6.07, 6.45) is -0.183. The maximum Gasteiger partial charge on any atom is 0.251 e. The molecule has 0 saturated carbocycles. The Balaban J connectivity index is 1.56. The molecule has 0 aromatic heterocycles. The molecule has 4 heteroatoms. The van der Waals surface area contributed by atoms with E-state index in [0.29, 0.717) is 18.7 Å². The van der Waals surface area contributed by atoms with Gasteiger partial charge in [0, 0.05) is 5.56 Å². The van der Waals surface area contributed by atoms with Gasteiger partial charge in [0.1, 0.15) is 12.7 Å². The van der Waals surface area contributed by atoms with Crippen LogP contribution in [0.5, 0.6) is 11.5 Å². The summed E-state index contributed by atoms with van der Waals surface area (Å²) in [7, 11) is 0. The van der Waals surface area contributed by atoms with Crippen LogP contribution in [-0.2, 0) is 5.41 Å². The summed E-state index contributed by atoms with van der Waals surface area (Å²) < 4.78 is 11.5. The molecule has 1 unspecified atom stereocenters. The first-order valence-corrected chi connectivity index (χ1v) is 8.21. The molecule has 3 rings (SSSR count). The average Bonchev–Trinajstić information content (AvgIpc) is 2.59. The Morgan fingerprint density at radius 3 is 2.42 bits per heavy atom. The van der Waals surface area contributed by atoms with Crippen molar-refractivity contribution in [1.29, 1.82) is 0 Å². The van der Waals surface area contributed by atoms with E-state index in [4.69, 9.17) is 9.47 Å². The van der Waals surface area contributed by atoms with Crippen molar-refractivity contribution in [2.45, 2.75) is 32.3 Å². The number of hydrogen-bond donors (Lipinski definition) is 1. The molecular weight excluding hydrogens is 302 g/mol. The third kappa shape index (κ3) is 3.70. The highest BCUT2D eigenvalue weighted by Gasteiger charge is 2.21. The van der Waals surface area contributed by atoms with Gasteiger partial charge >= 0.3 is 0 Å². The summed E-state index contributed by atoms with van der Waals surface area (Å²) in [5.74, 6) is 1.37. The second kappa shape index (κ2) is 6.56. The Hall–Kier alpha value is -2.49. The van der Waals surface area contributed by atoms with Crippen LogP contribution >= 0.6 is 0 Å². The van der Waals surface area contributed by atoms with Crippen molar-refractivity contribution in [2.75, 3.05) is 13.2 Å². The summed E-state index contributed by atoms with van der Waals surface area (Å²) in [6.45, 7) is 7.30. The van der Waals surface area contributed by atoms with Crippen LogP contribution in [0.1, 0.15) is 36.7 Å². The molecule has 1 heterocycles. The van der Waals surface area contributed by atoms with Crippen LogP contribution in [0.15, 0.2) is 48.5 Å². The van der Waals surface area contributed by atoms with Crippen molar-refractivity contribution in [3.05, 3.63) is 59.7 Å². The van der Waals surface area contributed by atoms with Gasteiger partial charge in [0.25, 0.3) is 5.91 Å². The first-order valence-electron chi connectivity index (χ1n) is 8.21. The molecule has 0 aliphatic carbocycles. The van der Waals surface area contributed by atoms with Crippen LogP contribution in [0, 0.1) is 0 Å². The molecular formula is C20H23NO3. The van der Waals surface area contributed by atoms with Gasteiger partial charge in [-0.05, 0) is 35.2 Å². The van der Waals surface area contributed by atoms with Crippen molar-refractivity contribution < 1.29 is 14.3 Å². The number of carbonyl (C=O) groups excluding carboxylic acids is 1. The molecule has 1 N–H and O–H groups in total. The summed E-state index contributed by atoms with van der Waals surface area (Å²) in [5, 5.41) is 2.91. The van der Waals surface area contributed by atoms with Crippen LogP contribution in [0.2, 0.25) is 0 Å². The molecule has 2 aromatic carbocycles. The average molecular weight is 325 g/mol. The van der Waals surface area contributed by atoms with Crippen LogP contribution in [0.4, 0.5) is 0 Å². The number of fused-ring (bicyclic) bond motifs is 1. The van der Waals surface area contributed by atoms with Crippen molar-refractivity contribution in [2.24, 2.45) is 0 Å². The minimum Gasteiger partial charge on any atom is -0.486 e. The first kappa shape index (κ1) is 16.4. The molecule has 1 atom stereocenters. The zero-order valence-corrected chi connectivity index (χ0v) is 14.3. The first-order chi connectivity index (χ1) is 11.4. The lowest BCUT2D eigenvalue weighted by Gasteiger charge is -2.26. The molecule has 1 amide bonds. The SMILES string of the molecule is CC(C)(C)c1ccc(C(=O)NCC2COc3ccccc3O2)cc1. The smallest absolute Gasteiger partial charge is 0.251 e. The van der Waals surface area contributed by atoms with E-state index >= 15 is 0 Å².